The summed E-state index contributed by atoms with van der Waals surface area (Å²) < 4.78 is 0. The van der Waals surface area contributed by atoms with Crippen LogP contribution in [0.1, 0.15) is 44.5 Å². The summed E-state index contributed by atoms with van der Waals surface area (Å²) >= 11 is 0. The molecule has 0 aliphatic heterocycles. The third-order valence-electron chi connectivity index (χ3n) is 14.0. The highest BCUT2D eigenvalue weighted by Crippen LogP contribution is 2.64. The molecule has 0 radical (unpaired) electrons. The van der Waals surface area contributed by atoms with Gasteiger partial charge in [0.1, 0.15) is 0 Å². The Bertz CT molecular complexity index is 3410. The maximum absolute atomic E-state index is 2.52. The molecule has 0 bridgehead atoms. The lowest BCUT2D eigenvalue weighted by Gasteiger charge is -2.32. The molecule has 0 amide bonds. The summed E-state index contributed by atoms with van der Waals surface area (Å²) in [6, 6.07) is 77.3. The number of aryl methyl sites for hydroxylation is 4. The molecule has 10 aromatic carbocycles. The molecule has 0 saturated heterocycles. The number of hydrogen-bond donors (Lipinski definition) is 0. The van der Waals surface area contributed by atoms with Gasteiger partial charge in [-0.25, -0.2) is 0 Å². The Balaban J connectivity index is 1.10. The summed E-state index contributed by atoms with van der Waals surface area (Å²) in [6.07, 6.45) is 0. The first-order valence-electron chi connectivity index (χ1n) is 22.1. The summed E-state index contributed by atoms with van der Waals surface area (Å²) in [6.45, 7) is 8.77. The van der Waals surface area contributed by atoms with Crippen molar-refractivity contribution in [3.8, 4) is 22.3 Å². The first-order valence-corrected chi connectivity index (χ1v) is 22.1. The van der Waals surface area contributed by atoms with Crippen molar-refractivity contribution in [2.24, 2.45) is 0 Å². The van der Waals surface area contributed by atoms with Crippen LogP contribution in [-0.4, -0.2) is 0 Å². The van der Waals surface area contributed by atoms with E-state index in [1.807, 2.05) is 0 Å². The predicted molar refractivity (Wildman–Crippen MR) is 266 cm³/mol. The topological polar surface area (TPSA) is 6.48 Å². The number of fused-ring (bicyclic) bond motifs is 13. The number of rotatable bonds is 6. The molecule has 0 heterocycles. The van der Waals surface area contributed by atoms with Crippen molar-refractivity contribution in [1.29, 1.82) is 0 Å². The van der Waals surface area contributed by atoms with Crippen molar-refractivity contribution in [2.75, 3.05) is 9.80 Å². The van der Waals surface area contributed by atoms with Gasteiger partial charge in [-0.3, -0.25) is 0 Å². The summed E-state index contributed by atoms with van der Waals surface area (Å²) in [7, 11) is 0. The Morgan fingerprint density at radius 3 is 1.33 bits per heavy atom. The van der Waals surface area contributed by atoms with Crippen LogP contribution in [0.3, 0.4) is 0 Å². The van der Waals surface area contributed by atoms with E-state index in [4.69, 9.17) is 0 Å². The van der Waals surface area contributed by atoms with Crippen LogP contribution in [-0.2, 0) is 5.41 Å². The zero-order valence-corrected chi connectivity index (χ0v) is 36.0. The molecule has 2 aliphatic carbocycles. The van der Waals surface area contributed by atoms with E-state index in [-0.39, 0.29) is 0 Å². The molecule has 0 atom stereocenters. The second-order valence-electron chi connectivity index (χ2n) is 17.5. The summed E-state index contributed by atoms with van der Waals surface area (Å²) in [5.74, 6) is 0. The molecule has 0 unspecified atom stereocenters. The van der Waals surface area contributed by atoms with Crippen molar-refractivity contribution in [3.05, 3.63) is 251 Å². The number of benzene rings is 10. The minimum Gasteiger partial charge on any atom is -0.310 e. The van der Waals surface area contributed by atoms with Gasteiger partial charge in [-0.1, -0.05) is 121 Å². The SMILES string of the molecule is Cc1ccc(N(c2ccccc2)c2ccc3cc4c(cc3c2)C2(c3ccccc3-c3ccccc32)c2c-4ccc3cc(N(c4ccccc4)c4ccc(C)c(C)c4)ccc23)cc1C. The lowest BCUT2D eigenvalue weighted by molar-refractivity contribution is 0.802. The molecule has 12 rings (SSSR count). The lowest BCUT2D eigenvalue weighted by Crippen LogP contribution is -2.26. The van der Waals surface area contributed by atoms with Gasteiger partial charge in [0, 0.05) is 34.1 Å². The normalized spacial score (nSPS) is 12.9. The Hall–Kier alpha value is -7.68. The maximum Gasteiger partial charge on any atom is 0.0731 e. The van der Waals surface area contributed by atoms with Crippen molar-refractivity contribution < 1.29 is 0 Å². The van der Waals surface area contributed by atoms with E-state index in [2.05, 4.69) is 244 Å². The lowest BCUT2D eigenvalue weighted by atomic mass is 9.69. The Morgan fingerprint density at radius 2 is 0.762 bits per heavy atom. The van der Waals surface area contributed by atoms with Gasteiger partial charge in [0.25, 0.3) is 0 Å². The highest BCUT2D eigenvalue weighted by molar-refractivity contribution is 6.07. The predicted octanol–water partition coefficient (Wildman–Crippen LogP) is 16.5. The van der Waals surface area contributed by atoms with Gasteiger partial charge in [0.15, 0.2) is 0 Å². The fourth-order valence-corrected chi connectivity index (χ4v) is 10.7. The monoisotopic (exact) mass is 806 g/mol. The first-order chi connectivity index (χ1) is 30.9. The van der Waals surface area contributed by atoms with E-state index in [1.165, 1.54) is 88.3 Å². The van der Waals surface area contributed by atoms with E-state index in [0.717, 1.165) is 34.1 Å². The average Bonchev–Trinajstić information content (AvgIpc) is 3.78. The van der Waals surface area contributed by atoms with Crippen molar-refractivity contribution in [3.63, 3.8) is 0 Å². The zero-order valence-electron chi connectivity index (χ0n) is 36.0. The largest absolute Gasteiger partial charge is 0.310 e. The molecule has 0 fully saturated rings. The van der Waals surface area contributed by atoms with Gasteiger partial charge in [-0.2, -0.15) is 0 Å². The Kier molecular flexibility index (Phi) is 8.36. The Labute approximate surface area is 370 Å². The summed E-state index contributed by atoms with van der Waals surface area (Å²) in [4.78, 5) is 4.79. The fourth-order valence-electron chi connectivity index (χ4n) is 10.7. The molecule has 0 saturated carbocycles. The van der Waals surface area contributed by atoms with Gasteiger partial charge in [-0.05, 0) is 201 Å². The van der Waals surface area contributed by atoms with Crippen LogP contribution < -0.4 is 9.80 Å². The average molecular weight is 807 g/mol. The molecule has 63 heavy (non-hydrogen) atoms. The zero-order chi connectivity index (χ0) is 42.4. The molecule has 0 N–H and O–H groups in total. The van der Waals surface area contributed by atoms with Crippen molar-refractivity contribution >= 4 is 55.7 Å². The van der Waals surface area contributed by atoms with Gasteiger partial charge >= 0.3 is 0 Å². The van der Waals surface area contributed by atoms with Crippen LogP contribution in [0.2, 0.25) is 0 Å². The molecule has 1 spiro atoms. The van der Waals surface area contributed by atoms with E-state index < -0.39 is 5.41 Å². The molecular formula is C61H46N2. The fraction of sp³-hybridized carbons (Fsp3) is 0.0820. The number of para-hydroxylation sites is 2. The van der Waals surface area contributed by atoms with Crippen LogP contribution in [0.5, 0.6) is 0 Å². The van der Waals surface area contributed by atoms with Crippen LogP contribution in [0.25, 0.3) is 43.8 Å². The van der Waals surface area contributed by atoms with Gasteiger partial charge < -0.3 is 9.80 Å². The van der Waals surface area contributed by atoms with E-state index in [0.29, 0.717) is 0 Å². The highest BCUT2D eigenvalue weighted by atomic mass is 15.1. The third kappa shape index (κ3) is 5.57. The number of nitrogens with zero attached hydrogens (tertiary/aromatic N) is 2. The molecule has 300 valence electrons. The number of anilines is 6. The summed E-state index contributed by atoms with van der Waals surface area (Å²) in [5.41, 5.74) is 22.1. The molecule has 2 heteroatoms. The summed E-state index contributed by atoms with van der Waals surface area (Å²) in [5, 5.41) is 4.96. The van der Waals surface area contributed by atoms with Crippen LogP contribution >= 0.6 is 0 Å². The van der Waals surface area contributed by atoms with Crippen LogP contribution in [0.15, 0.2) is 206 Å². The quantitative estimate of drug-likeness (QED) is 0.165. The van der Waals surface area contributed by atoms with E-state index >= 15 is 0 Å². The van der Waals surface area contributed by atoms with Gasteiger partial charge in [0.05, 0.1) is 5.41 Å². The van der Waals surface area contributed by atoms with Gasteiger partial charge in [-0.15, -0.1) is 0 Å². The molecule has 2 aliphatic rings. The molecule has 0 aromatic heterocycles. The second kappa shape index (κ2) is 14.2. The maximum atomic E-state index is 2.52. The Morgan fingerprint density at radius 1 is 0.286 bits per heavy atom. The first kappa shape index (κ1) is 37.1. The van der Waals surface area contributed by atoms with E-state index in [9.17, 15) is 0 Å². The van der Waals surface area contributed by atoms with Crippen molar-refractivity contribution in [2.45, 2.75) is 33.1 Å². The minimum atomic E-state index is -0.510. The minimum absolute atomic E-state index is 0.510. The third-order valence-corrected chi connectivity index (χ3v) is 14.0. The highest BCUT2D eigenvalue weighted by Gasteiger charge is 2.52. The molecule has 10 aromatic rings. The standard InChI is InChI=1S/C61H46N2/c1-39-23-27-48(33-41(39)3)62(46-15-7-5-8-16-46)50-29-25-43-37-56-55-31-26-44-35-51(63(47-17-9-6-10-18-47)49-28-24-40(2)42(4)34-49)30-32-52(44)60(55)61(59(56)38-45(43)36-50)57-21-13-11-19-53(57)54-20-12-14-22-58(54)61/h5-38H,1-4H3. The van der Waals surface area contributed by atoms with Crippen LogP contribution in [0, 0.1) is 27.7 Å². The number of hydrogen-bond acceptors (Lipinski definition) is 2. The van der Waals surface area contributed by atoms with Gasteiger partial charge in [0.2, 0.25) is 0 Å². The molecule has 2 nitrogen and oxygen atoms in total. The van der Waals surface area contributed by atoms with Crippen LogP contribution in [0.4, 0.5) is 34.1 Å². The smallest absolute Gasteiger partial charge is 0.0731 e. The van der Waals surface area contributed by atoms with Crippen molar-refractivity contribution in [1.82, 2.24) is 0 Å². The second-order valence-corrected chi connectivity index (χ2v) is 17.5. The molecular weight excluding hydrogens is 761 g/mol. The van der Waals surface area contributed by atoms with E-state index in [1.54, 1.807) is 0 Å².